The molecule has 2 aromatic heterocycles. The van der Waals surface area contributed by atoms with Crippen LogP contribution in [0.25, 0.3) is 16.7 Å². The number of fused-ring (bicyclic) bond motifs is 3. The molecule has 1 amide bonds. The third-order valence-corrected chi connectivity index (χ3v) is 5.67. The van der Waals surface area contributed by atoms with Crippen LogP contribution in [0.1, 0.15) is 25.8 Å². The van der Waals surface area contributed by atoms with Crippen molar-refractivity contribution in [2.75, 3.05) is 11.9 Å². The van der Waals surface area contributed by atoms with Crippen molar-refractivity contribution in [2.45, 2.75) is 46.4 Å². The second kappa shape index (κ2) is 9.82. The van der Waals surface area contributed by atoms with Crippen LogP contribution in [0.2, 0.25) is 5.02 Å². The van der Waals surface area contributed by atoms with Crippen molar-refractivity contribution < 1.29 is 9.53 Å². The monoisotopic (exact) mass is 483 g/mol. The van der Waals surface area contributed by atoms with E-state index in [0.29, 0.717) is 41.2 Å². The van der Waals surface area contributed by atoms with E-state index >= 15 is 0 Å². The summed E-state index contributed by atoms with van der Waals surface area (Å²) >= 11 is 6.20. The van der Waals surface area contributed by atoms with Crippen LogP contribution >= 0.6 is 11.6 Å². The Morgan fingerprint density at radius 3 is 2.68 bits per heavy atom. The van der Waals surface area contributed by atoms with Crippen molar-refractivity contribution in [3.8, 4) is 0 Å². The molecular weight excluding hydrogens is 458 g/mol. The van der Waals surface area contributed by atoms with Gasteiger partial charge in [0, 0.05) is 13.2 Å². The molecule has 2 heterocycles. The molecule has 0 radical (unpaired) electrons. The molecule has 0 unspecified atom stereocenters. The quantitative estimate of drug-likeness (QED) is 0.388. The molecule has 10 heteroatoms. The largest absolute Gasteiger partial charge is 0.379 e. The highest BCUT2D eigenvalue weighted by molar-refractivity contribution is 6.33. The first kappa shape index (κ1) is 23.7. The van der Waals surface area contributed by atoms with Gasteiger partial charge in [0.05, 0.1) is 27.7 Å². The first-order valence-electron chi connectivity index (χ1n) is 11.0. The van der Waals surface area contributed by atoms with Crippen molar-refractivity contribution >= 4 is 39.9 Å². The number of halogens is 1. The summed E-state index contributed by atoms with van der Waals surface area (Å²) in [4.78, 5) is 39.1. The molecular formula is C24H26ClN5O4. The molecule has 0 atom stereocenters. The number of nitrogens with one attached hydrogen (secondary N) is 1. The molecule has 178 valence electrons. The average Bonchev–Trinajstić information content (AvgIpc) is 3.10. The Kier molecular flexibility index (Phi) is 6.85. The van der Waals surface area contributed by atoms with Gasteiger partial charge in [-0.05, 0) is 57.0 Å². The standard InChI is InChI=1S/C24H26ClN5O4/c1-15(2)34-12-6-11-28-22(32)17-7-4-5-8-20(17)30-23(28)27-29(24(30)33)14-21(31)26-19-10-9-16(3)13-18(19)25/h4-5,7-10,13,15H,6,11-12,14H2,1-3H3,(H,26,31). The van der Waals surface area contributed by atoms with Gasteiger partial charge in [-0.2, -0.15) is 0 Å². The molecule has 0 saturated carbocycles. The molecule has 1 N–H and O–H groups in total. The maximum Gasteiger partial charge on any atom is 0.352 e. The lowest BCUT2D eigenvalue weighted by Crippen LogP contribution is -2.29. The summed E-state index contributed by atoms with van der Waals surface area (Å²) in [5.74, 6) is -0.279. The van der Waals surface area contributed by atoms with E-state index in [1.807, 2.05) is 26.8 Å². The van der Waals surface area contributed by atoms with E-state index in [9.17, 15) is 14.4 Å². The summed E-state index contributed by atoms with van der Waals surface area (Å²) in [5, 5.41) is 7.86. The topological polar surface area (TPSA) is 99.6 Å². The van der Waals surface area contributed by atoms with E-state index in [2.05, 4.69) is 10.4 Å². The number of ether oxygens (including phenoxy) is 1. The van der Waals surface area contributed by atoms with Gasteiger partial charge in [0.15, 0.2) is 0 Å². The predicted octanol–water partition coefficient (Wildman–Crippen LogP) is 3.23. The Morgan fingerprint density at radius 1 is 1.18 bits per heavy atom. The molecule has 2 aromatic carbocycles. The van der Waals surface area contributed by atoms with E-state index < -0.39 is 11.6 Å². The Hall–Kier alpha value is -3.43. The fourth-order valence-electron chi connectivity index (χ4n) is 3.76. The zero-order chi connectivity index (χ0) is 24.4. The normalized spacial score (nSPS) is 11.6. The van der Waals surface area contributed by atoms with Crippen molar-refractivity contribution in [3.05, 3.63) is 73.9 Å². The first-order chi connectivity index (χ1) is 16.3. The number of carbonyl (C=O) groups is 1. The van der Waals surface area contributed by atoms with Crippen LogP contribution in [0.15, 0.2) is 52.1 Å². The Labute approximate surface area is 200 Å². The van der Waals surface area contributed by atoms with Crippen molar-refractivity contribution in [1.82, 2.24) is 18.7 Å². The van der Waals surface area contributed by atoms with Gasteiger partial charge in [-0.3, -0.25) is 14.2 Å². The number of hydrogen-bond donors (Lipinski definition) is 1. The molecule has 0 aliphatic heterocycles. The number of hydrogen-bond acceptors (Lipinski definition) is 5. The second-order valence-electron chi connectivity index (χ2n) is 8.35. The maximum atomic E-state index is 13.2. The van der Waals surface area contributed by atoms with E-state index in [0.717, 1.165) is 10.2 Å². The van der Waals surface area contributed by atoms with E-state index in [4.69, 9.17) is 16.3 Å². The molecule has 0 aliphatic carbocycles. The van der Waals surface area contributed by atoms with Gasteiger partial charge < -0.3 is 10.1 Å². The van der Waals surface area contributed by atoms with E-state index in [1.165, 1.54) is 8.97 Å². The number of nitrogens with zero attached hydrogens (tertiary/aromatic N) is 4. The fraction of sp³-hybridized carbons (Fsp3) is 0.333. The molecule has 0 saturated heterocycles. The Bertz CT molecular complexity index is 1480. The summed E-state index contributed by atoms with van der Waals surface area (Å²) in [6, 6.07) is 12.1. The zero-order valence-corrected chi connectivity index (χ0v) is 20.0. The number of aromatic nitrogens is 4. The van der Waals surface area contributed by atoms with Gasteiger partial charge in [-0.25, -0.2) is 13.9 Å². The van der Waals surface area contributed by atoms with Gasteiger partial charge in [-0.15, -0.1) is 5.10 Å². The SMILES string of the molecule is Cc1ccc(NC(=O)Cn2nc3n(CCCOC(C)C)c(=O)c4ccccc4n3c2=O)c(Cl)c1. The number of benzene rings is 2. The maximum absolute atomic E-state index is 13.2. The van der Waals surface area contributed by atoms with Crippen LogP contribution in [-0.4, -0.2) is 37.4 Å². The molecule has 34 heavy (non-hydrogen) atoms. The zero-order valence-electron chi connectivity index (χ0n) is 19.2. The third kappa shape index (κ3) is 4.76. The molecule has 4 aromatic rings. The molecule has 0 aliphatic rings. The van der Waals surface area contributed by atoms with Gasteiger partial charge in [-0.1, -0.05) is 29.8 Å². The van der Waals surface area contributed by atoms with Gasteiger partial charge in [0.2, 0.25) is 11.7 Å². The molecule has 0 spiro atoms. The highest BCUT2D eigenvalue weighted by atomic mass is 35.5. The summed E-state index contributed by atoms with van der Waals surface area (Å²) in [7, 11) is 0. The average molecular weight is 484 g/mol. The number of para-hydroxylation sites is 1. The predicted molar refractivity (Wildman–Crippen MR) is 132 cm³/mol. The summed E-state index contributed by atoms with van der Waals surface area (Å²) in [6.45, 7) is 6.23. The van der Waals surface area contributed by atoms with Crippen molar-refractivity contribution in [1.29, 1.82) is 0 Å². The van der Waals surface area contributed by atoms with Crippen LogP contribution in [0.5, 0.6) is 0 Å². The number of aryl methyl sites for hydroxylation is 2. The second-order valence-corrected chi connectivity index (χ2v) is 8.76. The fourth-order valence-corrected chi connectivity index (χ4v) is 4.04. The van der Waals surface area contributed by atoms with Gasteiger partial charge in [0.1, 0.15) is 6.54 Å². The van der Waals surface area contributed by atoms with Crippen molar-refractivity contribution in [2.24, 2.45) is 0 Å². The van der Waals surface area contributed by atoms with Crippen LogP contribution in [-0.2, 0) is 22.6 Å². The molecule has 4 rings (SSSR count). The smallest absolute Gasteiger partial charge is 0.352 e. The highest BCUT2D eigenvalue weighted by Gasteiger charge is 2.19. The highest BCUT2D eigenvalue weighted by Crippen LogP contribution is 2.22. The van der Waals surface area contributed by atoms with Crippen LogP contribution in [0.3, 0.4) is 0 Å². The minimum absolute atomic E-state index is 0.0794. The first-order valence-corrected chi connectivity index (χ1v) is 11.4. The number of rotatable bonds is 8. The van der Waals surface area contributed by atoms with Crippen LogP contribution in [0.4, 0.5) is 5.69 Å². The van der Waals surface area contributed by atoms with E-state index in [1.54, 1.807) is 36.4 Å². The third-order valence-electron chi connectivity index (χ3n) is 5.35. The molecule has 9 nitrogen and oxygen atoms in total. The minimum Gasteiger partial charge on any atom is -0.379 e. The number of amides is 1. The minimum atomic E-state index is -0.511. The van der Waals surface area contributed by atoms with Gasteiger partial charge in [0.25, 0.3) is 5.56 Å². The van der Waals surface area contributed by atoms with Gasteiger partial charge >= 0.3 is 5.69 Å². The molecule has 0 fully saturated rings. The number of carbonyl (C=O) groups excluding carboxylic acids is 1. The summed E-state index contributed by atoms with van der Waals surface area (Å²) in [5.41, 5.74) is 1.09. The number of anilines is 1. The summed E-state index contributed by atoms with van der Waals surface area (Å²) < 4.78 is 9.46. The lowest BCUT2D eigenvalue weighted by atomic mass is 10.2. The summed E-state index contributed by atoms with van der Waals surface area (Å²) in [6.07, 6.45) is 0.648. The van der Waals surface area contributed by atoms with Crippen LogP contribution < -0.4 is 16.6 Å². The van der Waals surface area contributed by atoms with E-state index in [-0.39, 0.29) is 24.0 Å². The van der Waals surface area contributed by atoms with Crippen molar-refractivity contribution in [3.63, 3.8) is 0 Å². The van der Waals surface area contributed by atoms with Crippen LogP contribution in [0, 0.1) is 6.92 Å². The lowest BCUT2D eigenvalue weighted by Gasteiger charge is -2.11. The lowest BCUT2D eigenvalue weighted by molar-refractivity contribution is -0.117. The Balaban J connectivity index is 1.71. The Morgan fingerprint density at radius 2 is 1.94 bits per heavy atom. The molecule has 0 bridgehead atoms.